The standard InChI is InChI=1S/C19H20FNO2S/c1-3-14-4-7-16(8-5-14)21-19(23)12-24-11-18(22)15-6-9-17(20)13(2)10-15/h4-10H,3,11-12H2,1-2H3,(H,21,23). The average Bonchev–Trinajstić information content (AvgIpc) is 2.58. The van der Waals surface area contributed by atoms with Crippen molar-refractivity contribution in [1.29, 1.82) is 0 Å². The quantitative estimate of drug-likeness (QED) is 0.763. The number of halogens is 1. The van der Waals surface area contributed by atoms with Crippen LogP contribution in [0.25, 0.3) is 0 Å². The normalized spacial score (nSPS) is 10.5. The second kappa shape index (κ2) is 8.64. The number of aryl methyl sites for hydroxylation is 2. The number of benzene rings is 2. The lowest BCUT2D eigenvalue weighted by Gasteiger charge is -2.06. The number of amides is 1. The molecule has 0 bridgehead atoms. The number of hydrogen-bond acceptors (Lipinski definition) is 3. The molecule has 0 fully saturated rings. The van der Waals surface area contributed by atoms with Crippen LogP contribution >= 0.6 is 11.8 Å². The molecule has 1 amide bonds. The van der Waals surface area contributed by atoms with E-state index in [1.807, 2.05) is 24.3 Å². The molecule has 0 aliphatic rings. The van der Waals surface area contributed by atoms with Crippen LogP contribution in [-0.2, 0) is 11.2 Å². The van der Waals surface area contributed by atoms with E-state index < -0.39 is 0 Å². The summed E-state index contributed by atoms with van der Waals surface area (Å²) < 4.78 is 13.2. The Morgan fingerprint density at radius 3 is 2.42 bits per heavy atom. The summed E-state index contributed by atoms with van der Waals surface area (Å²) in [5, 5.41) is 2.80. The maximum absolute atomic E-state index is 13.2. The number of carbonyl (C=O) groups excluding carboxylic acids is 2. The third-order valence-electron chi connectivity index (χ3n) is 3.59. The van der Waals surface area contributed by atoms with Crippen LogP contribution in [0.3, 0.4) is 0 Å². The SMILES string of the molecule is CCc1ccc(NC(=O)CSCC(=O)c2ccc(F)c(C)c2)cc1. The van der Waals surface area contributed by atoms with Crippen LogP contribution in [0.15, 0.2) is 42.5 Å². The third kappa shape index (κ3) is 5.20. The van der Waals surface area contributed by atoms with E-state index in [0.717, 1.165) is 12.1 Å². The summed E-state index contributed by atoms with van der Waals surface area (Å²) in [4.78, 5) is 23.9. The number of rotatable bonds is 7. The smallest absolute Gasteiger partial charge is 0.234 e. The molecule has 24 heavy (non-hydrogen) atoms. The fourth-order valence-corrected chi connectivity index (χ4v) is 2.87. The Bertz CT molecular complexity index is 729. The van der Waals surface area contributed by atoms with E-state index in [0.29, 0.717) is 11.1 Å². The Kier molecular flexibility index (Phi) is 6.55. The van der Waals surface area contributed by atoms with Crippen molar-refractivity contribution in [2.75, 3.05) is 16.8 Å². The van der Waals surface area contributed by atoms with Gasteiger partial charge in [0.15, 0.2) is 5.78 Å². The summed E-state index contributed by atoms with van der Waals surface area (Å²) in [6.45, 7) is 3.69. The molecular formula is C19H20FNO2S. The van der Waals surface area contributed by atoms with Gasteiger partial charge < -0.3 is 5.32 Å². The molecule has 0 heterocycles. The lowest BCUT2D eigenvalue weighted by Crippen LogP contribution is -2.15. The summed E-state index contributed by atoms with van der Waals surface area (Å²) in [5.41, 5.74) is 2.87. The van der Waals surface area contributed by atoms with Crippen LogP contribution in [0.1, 0.15) is 28.4 Å². The van der Waals surface area contributed by atoms with Crippen molar-refractivity contribution < 1.29 is 14.0 Å². The van der Waals surface area contributed by atoms with Crippen molar-refractivity contribution in [3.63, 3.8) is 0 Å². The molecule has 5 heteroatoms. The van der Waals surface area contributed by atoms with Gasteiger partial charge in [-0.3, -0.25) is 9.59 Å². The molecule has 1 N–H and O–H groups in total. The van der Waals surface area contributed by atoms with Gasteiger partial charge in [0.05, 0.1) is 11.5 Å². The molecule has 0 radical (unpaired) electrons. The fourth-order valence-electron chi connectivity index (χ4n) is 2.16. The Balaban J connectivity index is 1.79. The second-order valence-electron chi connectivity index (χ2n) is 5.48. The summed E-state index contributed by atoms with van der Waals surface area (Å²) in [7, 11) is 0. The minimum Gasteiger partial charge on any atom is -0.325 e. The van der Waals surface area contributed by atoms with Gasteiger partial charge in [-0.25, -0.2) is 4.39 Å². The zero-order chi connectivity index (χ0) is 17.5. The highest BCUT2D eigenvalue weighted by Gasteiger charge is 2.10. The van der Waals surface area contributed by atoms with Gasteiger partial charge in [0.2, 0.25) is 5.91 Å². The van der Waals surface area contributed by atoms with Gasteiger partial charge in [-0.15, -0.1) is 11.8 Å². The molecule has 0 spiro atoms. The first-order valence-electron chi connectivity index (χ1n) is 7.75. The minimum atomic E-state index is -0.326. The number of Topliss-reactive ketones (excluding diaryl/α,β-unsaturated/α-hetero) is 1. The molecule has 126 valence electrons. The second-order valence-corrected chi connectivity index (χ2v) is 6.46. The number of ketones is 1. The molecule has 0 aliphatic heterocycles. The van der Waals surface area contributed by atoms with Gasteiger partial charge in [0, 0.05) is 11.3 Å². The van der Waals surface area contributed by atoms with Gasteiger partial charge >= 0.3 is 0 Å². The molecule has 0 saturated carbocycles. The molecule has 3 nitrogen and oxygen atoms in total. The van der Waals surface area contributed by atoms with Crippen molar-refractivity contribution in [3.8, 4) is 0 Å². The van der Waals surface area contributed by atoms with Gasteiger partial charge in [0.25, 0.3) is 0 Å². The third-order valence-corrected chi connectivity index (χ3v) is 4.52. The maximum Gasteiger partial charge on any atom is 0.234 e. The van der Waals surface area contributed by atoms with Crippen LogP contribution in [0.2, 0.25) is 0 Å². The zero-order valence-corrected chi connectivity index (χ0v) is 14.6. The van der Waals surface area contributed by atoms with Crippen LogP contribution < -0.4 is 5.32 Å². The average molecular weight is 345 g/mol. The molecule has 0 atom stereocenters. The lowest BCUT2D eigenvalue weighted by molar-refractivity contribution is -0.113. The Labute approximate surface area is 145 Å². The van der Waals surface area contributed by atoms with E-state index in [4.69, 9.17) is 0 Å². The number of hydrogen-bond donors (Lipinski definition) is 1. The van der Waals surface area contributed by atoms with Crippen molar-refractivity contribution in [3.05, 3.63) is 65.0 Å². The van der Waals surface area contributed by atoms with Crippen molar-refractivity contribution in [1.82, 2.24) is 0 Å². The fraction of sp³-hybridized carbons (Fsp3) is 0.263. The molecule has 2 aromatic carbocycles. The van der Waals surface area contributed by atoms with Crippen LogP contribution in [0.5, 0.6) is 0 Å². The topological polar surface area (TPSA) is 46.2 Å². The Morgan fingerprint density at radius 2 is 1.79 bits per heavy atom. The minimum absolute atomic E-state index is 0.108. The Morgan fingerprint density at radius 1 is 1.08 bits per heavy atom. The van der Waals surface area contributed by atoms with E-state index in [1.165, 1.54) is 35.5 Å². The summed E-state index contributed by atoms with van der Waals surface area (Å²) in [6, 6.07) is 12.0. The number of anilines is 1. The lowest BCUT2D eigenvalue weighted by atomic mass is 10.1. The highest BCUT2D eigenvalue weighted by atomic mass is 32.2. The van der Waals surface area contributed by atoms with Crippen molar-refractivity contribution in [2.45, 2.75) is 20.3 Å². The molecule has 0 aliphatic carbocycles. The summed E-state index contributed by atoms with van der Waals surface area (Å²) >= 11 is 1.25. The van der Waals surface area contributed by atoms with Crippen LogP contribution in [0, 0.1) is 12.7 Å². The monoisotopic (exact) mass is 345 g/mol. The van der Waals surface area contributed by atoms with Crippen LogP contribution in [-0.4, -0.2) is 23.2 Å². The molecule has 2 rings (SSSR count). The highest BCUT2D eigenvalue weighted by molar-refractivity contribution is 8.00. The predicted octanol–water partition coefficient (Wildman–Crippen LogP) is 4.25. The Hall–Kier alpha value is -2.14. The van der Waals surface area contributed by atoms with Crippen molar-refractivity contribution >= 4 is 29.1 Å². The molecule has 0 saturated heterocycles. The van der Waals surface area contributed by atoms with E-state index in [1.54, 1.807) is 6.92 Å². The van der Waals surface area contributed by atoms with E-state index in [-0.39, 0.29) is 29.0 Å². The molecule has 0 unspecified atom stereocenters. The van der Waals surface area contributed by atoms with Gasteiger partial charge in [0.1, 0.15) is 5.82 Å². The first-order chi connectivity index (χ1) is 11.5. The summed E-state index contributed by atoms with van der Waals surface area (Å²) in [6.07, 6.45) is 0.953. The van der Waals surface area contributed by atoms with E-state index in [9.17, 15) is 14.0 Å². The number of carbonyl (C=O) groups is 2. The number of thioether (sulfide) groups is 1. The molecule has 2 aromatic rings. The van der Waals surface area contributed by atoms with Crippen LogP contribution in [0.4, 0.5) is 10.1 Å². The van der Waals surface area contributed by atoms with Gasteiger partial charge in [-0.2, -0.15) is 0 Å². The first-order valence-corrected chi connectivity index (χ1v) is 8.91. The van der Waals surface area contributed by atoms with Crippen molar-refractivity contribution in [2.24, 2.45) is 0 Å². The maximum atomic E-state index is 13.2. The number of nitrogens with one attached hydrogen (secondary N) is 1. The van der Waals surface area contributed by atoms with Gasteiger partial charge in [-0.05, 0) is 54.8 Å². The highest BCUT2D eigenvalue weighted by Crippen LogP contribution is 2.14. The largest absolute Gasteiger partial charge is 0.325 e. The summed E-state index contributed by atoms with van der Waals surface area (Å²) in [5.74, 6) is -0.197. The first kappa shape index (κ1) is 18.2. The molecular weight excluding hydrogens is 325 g/mol. The predicted molar refractivity (Wildman–Crippen MR) is 97.2 cm³/mol. The molecule has 0 aromatic heterocycles. The van der Waals surface area contributed by atoms with E-state index >= 15 is 0 Å². The van der Waals surface area contributed by atoms with Gasteiger partial charge in [-0.1, -0.05) is 19.1 Å². The van der Waals surface area contributed by atoms with E-state index in [2.05, 4.69) is 12.2 Å². The zero-order valence-electron chi connectivity index (χ0n) is 13.8.